The molecule has 3 nitrogen and oxygen atoms in total. The molecule has 4 heteroatoms. The van der Waals surface area contributed by atoms with Crippen molar-refractivity contribution in [2.45, 2.75) is 45.4 Å². The third-order valence-corrected chi connectivity index (χ3v) is 3.28. The molecular weight excluding hydrogens is 201 g/mol. The van der Waals surface area contributed by atoms with E-state index in [0.29, 0.717) is 0 Å². The van der Waals surface area contributed by atoms with Gasteiger partial charge in [-0.2, -0.15) is 0 Å². The third kappa shape index (κ3) is 4.56. The molecule has 1 saturated heterocycles. The van der Waals surface area contributed by atoms with Crippen LogP contribution in [0.4, 0.5) is 0 Å². The molecule has 1 atom stereocenters. The van der Waals surface area contributed by atoms with Crippen molar-refractivity contribution in [3.8, 4) is 0 Å². The van der Waals surface area contributed by atoms with E-state index in [1.807, 2.05) is 0 Å². The van der Waals surface area contributed by atoms with E-state index in [4.69, 9.17) is 8.05 Å². The van der Waals surface area contributed by atoms with Crippen LogP contribution in [0.5, 0.6) is 0 Å². The van der Waals surface area contributed by atoms with E-state index in [1.54, 1.807) is 0 Å². The van der Waals surface area contributed by atoms with Gasteiger partial charge in [-0.1, -0.05) is 26.2 Å². The standard InChI is InChI=1S/C12H22BNO2/c1-2-3-7-11(12(15)16-13)10-14-8-5-4-6-9-14/h11H,2-10H2,1H3. The van der Waals surface area contributed by atoms with E-state index in [1.165, 1.54) is 19.3 Å². The number of unbranched alkanes of at least 4 members (excludes halogenated alkanes) is 1. The number of carbonyl (C=O) groups is 1. The van der Waals surface area contributed by atoms with Crippen LogP contribution in [0, 0.1) is 5.92 Å². The molecule has 0 amide bonds. The molecule has 0 aromatic heterocycles. The van der Waals surface area contributed by atoms with Crippen LogP contribution in [0.15, 0.2) is 0 Å². The SMILES string of the molecule is [B]OC(=O)C(CCCC)CN1CCCCC1. The van der Waals surface area contributed by atoms with Crippen LogP contribution in [-0.2, 0) is 9.45 Å². The van der Waals surface area contributed by atoms with Gasteiger partial charge in [0, 0.05) is 6.54 Å². The Morgan fingerprint density at radius 3 is 2.62 bits per heavy atom. The molecule has 0 N–H and O–H groups in total. The van der Waals surface area contributed by atoms with Crippen LogP contribution < -0.4 is 0 Å². The molecule has 0 aromatic carbocycles. The summed E-state index contributed by atoms with van der Waals surface area (Å²) in [5.41, 5.74) is 0. The van der Waals surface area contributed by atoms with E-state index in [-0.39, 0.29) is 11.9 Å². The molecule has 0 aliphatic carbocycles. The first-order chi connectivity index (χ1) is 7.77. The highest BCUT2D eigenvalue weighted by Gasteiger charge is 2.22. The minimum absolute atomic E-state index is 0.0388. The van der Waals surface area contributed by atoms with Crippen molar-refractivity contribution < 1.29 is 9.45 Å². The van der Waals surface area contributed by atoms with Crippen LogP contribution in [-0.4, -0.2) is 38.6 Å². The van der Waals surface area contributed by atoms with E-state index in [9.17, 15) is 4.79 Å². The third-order valence-electron chi connectivity index (χ3n) is 3.28. The zero-order chi connectivity index (χ0) is 11.8. The van der Waals surface area contributed by atoms with E-state index in [2.05, 4.69) is 16.5 Å². The van der Waals surface area contributed by atoms with Crippen molar-refractivity contribution in [1.29, 1.82) is 0 Å². The second kappa shape index (κ2) is 7.72. The number of likely N-dealkylation sites (tertiary alicyclic amines) is 1. The first-order valence-corrected chi connectivity index (χ1v) is 6.40. The average Bonchev–Trinajstić information content (AvgIpc) is 2.34. The Morgan fingerprint density at radius 1 is 1.38 bits per heavy atom. The topological polar surface area (TPSA) is 29.5 Å². The van der Waals surface area contributed by atoms with Gasteiger partial charge >= 0.3 is 8.05 Å². The monoisotopic (exact) mass is 223 g/mol. The smallest absolute Gasteiger partial charge is 0.378 e. The van der Waals surface area contributed by atoms with Crippen molar-refractivity contribution in [2.24, 2.45) is 5.92 Å². The molecule has 1 aliphatic rings. The Kier molecular flexibility index (Phi) is 6.54. The van der Waals surface area contributed by atoms with Crippen molar-refractivity contribution in [2.75, 3.05) is 19.6 Å². The molecule has 16 heavy (non-hydrogen) atoms. The lowest BCUT2D eigenvalue weighted by Gasteiger charge is -2.29. The molecule has 1 rings (SSSR count). The lowest BCUT2D eigenvalue weighted by Crippen LogP contribution is -2.37. The molecule has 90 valence electrons. The highest BCUT2D eigenvalue weighted by atomic mass is 16.5. The number of nitrogens with zero attached hydrogens (tertiary/aromatic N) is 1. The Balaban J connectivity index is 2.38. The van der Waals surface area contributed by atoms with E-state index < -0.39 is 0 Å². The van der Waals surface area contributed by atoms with Crippen LogP contribution >= 0.6 is 0 Å². The van der Waals surface area contributed by atoms with Crippen molar-refractivity contribution in [3.63, 3.8) is 0 Å². The molecule has 2 radical (unpaired) electrons. The molecule has 1 aliphatic heterocycles. The number of hydrogen-bond donors (Lipinski definition) is 0. The van der Waals surface area contributed by atoms with Gasteiger partial charge in [-0.25, -0.2) is 0 Å². The van der Waals surface area contributed by atoms with Gasteiger partial charge in [0.25, 0.3) is 5.97 Å². The molecular formula is C12H22BNO2. The summed E-state index contributed by atoms with van der Waals surface area (Å²) in [7, 11) is 4.98. The summed E-state index contributed by atoms with van der Waals surface area (Å²) in [6, 6.07) is 0. The van der Waals surface area contributed by atoms with Crippen molar-refractivity contribution in [1.82, 2.24) is 4.90 Å². The minimum atomic E-state index is -0.251. The first kappa shape index (κ1) is 13.6. The molecule has 1 fully saturated rings. The predicted molar refractivity (Wildman–Crippen MR) is 65.2 cm³/mol. The maximum Gasteiger partial charge on any atom is 0.378 e. The van der Waals surface area contributed by atoms with Gasteiger partial charge < -0.3 is 9.55 Å². The highest BCUT2D eigenvalue weighted by Crippen LogP contribution is 2.16. The van der Waals surface area contributed by atoms with Gasteiger partial charge in [0.1, 0.15) is 0 Å². The molecule has 1 heterocycles. The van der Waals surface area contributed by atoms with Crippen LogP contribution in [0.2, 0.25) is 0 Å². The van der Waals surface area contributed by atoms with Crippen molar-refractivity contribution >= 4 is 14.0 Å². The predicted octanol–water partition coefficient (Wildman–Crippen LogP) is 1.91. The minimum Gasteiger partial charge on any atom is -0.543 e. The number of rotatable bonds is 6. The molecule has 0 spiro atoms. The van der Waals surface area contributed by atoms with Crippen LogP contribution in [0.25, 0.3) is 0 Å². The average molecular weight is 223 g/mol. The fourth-order valence-corrected chi connectivity index (χ4v) is 2.28. The second-order valence-corrected chi connectivity index (χ2v) is 4.64. The normalized spacial score (nSPS) is 19.3. The summed E-state index contributed by atoms with van der Waals surface area (Å²) in [4.78, 5) is 13.9. The fourth-order valence-electron chi connectivity index (χ4n) is 2.28. The molecule has 0 saturated carbocycles. The van der Waals surface area contributed by atoms with Crippen molar-refractivity contribution in [3.05, 3.63) is 0 Å². The number of hydrogen-bond acceptors (Lipinski definition) is 3. The van der Waals surface area contributed by atoms with E-state index >= 15 is 0 Å². The molecule has 1 unspecified atom stereocenters. The second-order valence-electron chi connectivity index (χ2n) is 4.64. The Labute approximate surface area is 100.0 Å². The lowest BCUT2D eigenvalue weighted by molar-refractivity contribution is -0.139. The number of piperidine rings is 1. The summed E-state index contributed by atoms with van der Waals surface area (Å²) >= 11 is 0. The maximum atomic E-state index is 11.5. The Bertz CT molecular complexity index is 205. The molecule has 0 aromatic rings. The van der Waals surface area contributed by atoms with Crippen LogP contribution in [0.1, 0.15) is 45.4 Å². The van der Waals surface area contributed by atoms with Gasteiger partial charge in [0.05, 0.1) is 5.92 Å². The Hall–Kier alpha value is -0.505. The van der Waals surface area contributed by atoms with Gasteiger partial charge in [-0.3, -0.25) is 4.79 Å². The van der Waals surface area contributed by atoms with Gasteiger partial charge in [-0.15, -0.1) is 0 Å². The summed E-state index contributed by atoms with van der Waals surface area (Å²) < 4.78 is 4.39. The number of carbonyl (C=O) groups excluding carboxylic acids is 1. The van der Waals surface area contributed by atoms with Gasteiger partial charge in [0.2, 0.25) is 0 Å². The summed E-state index contributed by atoms with van der Waals surface area (Å²) in [5.74, 6) is -0.290. The van der Waals surface area contributed by atoms with Crippen LogP contribution in [0.3, 0.4) is 0 Å². The first-order valence-electron chi connectivity index (χ1n) is 6.40. The maximum absolute atomic E-state index is 11.5. The summed E-state index contributed by atoms with van der Waals surface area (Å²) in [5, 5.41) is 0. The zero-order valence-corrected chi connectivity index (χ0v) is 10.3. The lowest BCUT2D eigenvalue weighted by atomic mass is 10.00. The molecule has 0 bridgehead atoms. The largest absolute Gasteiger partial charge is 0.543 e. The highest BCUT2D eigenvalue weighted by molar-refractivity contribution is 6.05. The van der Waals surface area contributed by atoms with E-state index in [0.717, 1.165) is 38.9 Å². The van der Waals surface area contributed by atoms with Gasteiger partial charge in [0.15, 0.2) is 0 Å². The summed E-state index contributed by atoms with van der Waals surface area (Å²) in [6.45, 7) is 5.17. The fraction of sp³-hybridized carbons (Fsp3) is 0.917. The summed E-state index contributed by atoms with van der Waals surface area (Å²) in [6.07, 6.45) is 6.87. The Morgan fingerprint density at radius 2 is 2.06 bits per heavy atom. The zero-order valence-electron chi connectivity index (χ0n) is 10.3. The van der Waals surface area contributed by atoms with Gasteiger partial charge in [-0.05, 0) is 32.4 Å². The quantitative estimate of drug-likeness (QED) is 0.644.